The van der Waals surface area contributed by atoms with E-state index in [1.54, 1.807) is 0 Å². The summed E-state index contributed by atoms with van der Waals surface area (Å²) < 4.78 is 0. The lowest BCUT2D eigenvalue weighted by molar-refractivity contribution is 0.00406. The summed E-state index contributed by atoms with van der Waals surface area (Å²) in [6.45, 7) is 1.97. The molecule has 0 saturated heterocycles. The zero-order chi connectivity index (χ0) is 7.56. The first-order chi connectivity index (χ1) is 4.74. The molecule has 1 rings (SSSR count). The minimum atomic E-state index is -0.528. The summed E-state index contributed by atoms with van der Waals surface area (Å²) in [5, 5.41) is 18.3. The van der Waals surface area contributed by atoms with Crippen LogP contribution in [0.1, 0.15) is 26.2 Å². The van der Waals surface area contributed by atoms with E-state index in [4.69, 9.17) is 5.11 Å². The molecule has 1 fully saturated rings. The van der Waals surface area contributed by atoms with Gasteiger partial charge in [-0.2, -0.15) is 0 Å². The fourth-order valence-corrected chi connectivity index (χ4v) is 1.29. The van der Waals surface area contributed by atoms with Crippen molar-refractivity contribution in [1.29, 1.82) is 0 Å². The van der Waals surface area contributed by atoms with Crippen molar-refractivity contribution in [3.63, 3.8) is 0 Å². The third-order valence-electron chi connectivity index (χ3n) is 2.08. The van der Waals surface area contributed by atoms with Crippen LogP contribution in [0.3, 0.4) is 0 Å². The molecule has 2 nitrogen and oxygen atoms in total. The second-order valence-electron chi connectivity index (χ2n) is 2.82. The SMILES string of the molecule is CC=C1CC[C@@H](O)[C@@H](O)C1. The van der Waals surface area contributed by atoms with Crippen molar-refractivity contribution >= 4 is 0 Å². The van der Waals surface area contributed by atoms with Crippen LogP contribution in [0, 0.1) is 0 Å². The summed E-state index contributed by atoms with van der Waals surface area (Å²) in [5.41, 5.74) is 1.26. The Labute approximate surface area is 61.2 Å². The van der Waals surface area contributed by atoms with Crippen molar-refractivity contribution in [2.45, 2.75) is 38.4 Å². The largest absolute Gasteiger partial charge is 0.390 e. The highest BCUT2D eigenvalue weighted by molar-refractivity contribution is 5.06. The molecule has 0 aromatic rings. The fourth-order valence-electron chi connectivity index (χ4n) is 1.29. The summed E-state index contributed by atoms with van der Waals surface area (Å²) >= 11 is 0. The number of hydrogen-bond acceptors (Lipinski definition) is 2. The van der Waals surface area contributed by atoms with Gasteiger partial charge in [0.1, 0.15) is 0 Å². The zero-order valence-corrected chi connectivity index (χ0v) is 6.25. The van der Waals surface area contributed by atoms with E-state index in [1.165, 1.54) is 5.57 Å². The second-order valence-corrected chi connectivity index (χ2v) is 2.82. The van der Waals surface area contributed by atoms with Gasteiger partial charge in [-0.1, -0.05) is 11.6 Å². The molecule has 1 aliphatic rings. The standard InChI is InChI=1S/C8H14O2/c1-2-6-3-4-7(9)8(10)5-6/h2,7-10H,3-5H2,1H3/t7-,8+/m1/s1. The molecule has 0 aromatic heterocycles. The van der Waals surface area contributed by atoms with Gasteiger partial charge in [0.25, 0.3) is 0 Å². The van der Waals surface area contributed by atoms with E-state index in [-0.39, 0.29) is 0 Å². The maximum atomic E-state index is 9.19. The van der Waals surface area contributed by atoms with E-state index in [0.29, 0.717) is 12.8 Å². The molecule has 2 N–H and O–H groups in total. The van der Waals surface area contributed by atoms with Gasteiger partial charge in [0.2, 0.25) is 0 Å². The monoisotopic (exact) mass is 142 g/mol. The molecule has 1 saturated carbocycles. The highest BCUT2D eigenvalue weighted by Gasteiger charge is 2.22. The summed E-state index contributed by atoms with van der Waals surface area (Å²) in [6.07, 6.45) is 3.30. The molecule has 58 valence electrons. The van der Waals surface area contributed by atoms with E-state index in [1.807, 2.05) is 13.0 Å². The first-order valence-electron chi connectivity index (χ1n) is 3.74. The van der Waals surface area contributed by atoms with Crippen molar-refractivity contribution in [3.05, 3.63) is 11.6 Å². The average molecular weight is 142 g/mol. The van der Waals surface area contributed by atoms with Gasteiger partial charge in [0, 0.05) is 0 Å². The molecule has 0 unspecified atom stereocenters. The van der Waals surface area contributed by atoms with Crippen molar-refractivity contribution in [1.82, 2.24) is 0 Å². The highest BCUT2D eigenvalue weighted by Crippen LogP contribution is 2.23. The minimum Gasteiger partial charge on any atom is -0.390 e. The summed E-state index contributed by atoms with van der Waals surface area (Å²) in [4.78, 5) is 0. The van der Waals surface area contributed by atoms with Crippen molar-refractivity contribution in [2.24, 2.45) is 0 Å². The summed E-state index contributed by atoms with van der Waals surface area (Å²) in [5.74, 6) is 0. The van der Waals surface area contributed by atoms with Crippen molar-refractivity contribution < 1.29 is 10.2 Å². The van der Waals surface area contributed by atoms with Crippen LogP contribution >= 0.6 is 0 Å². The molecule has 0 amide bonds. The van der Waals surface area contributed by atoms with Gasteiger partial charge in [-0.05, 0) is 26.2 Å². The van der Waals surface area contributed by atoms with Gasteiger partial charge >= 0.3 is 0 Å². The lowest BCUT2D eigenvalue weighted by Gasteiger charge is -2.24. The molecule has 10 heavy (non-hydrogen) atoms. The Morgan fingerprint density at radius 2 is 2.10 bits per heavy atom. The van der Waals surface area contributed by atoms with Crippen LogP contribution in [0.4, 0.5) is 0 Å². The lowest BCUT2D eigenvalue weighted by atomic mass is 9.90. The Kier molecular flexibility index (Phi) is 2.46. The Morgan fingerprint density at radius 3 is 2.60 bits per heavy atom. The van der Waals surface area contributed by atoms with Gasteiger partial charge in [-0.15, -0.1) is 0 Å². The first kappa shape index (κ1) is 7.76. The summed E-state index contributed by atoms with van der Waals surface area (Å²) in [7, 11) is 0. The zero-order valence-electron chi connectivity index (χ0n) is 6.25. The van der Waals surface area contributed by atoms with Crippen LogP contribution in [0.5, 0.6) is 0 Å². The minimum absolute atomic E-state index is 0.497. The Morgan fingerprint density at radius 1 is 1.40 bits per heavy atom. The maximum absolute atomic E-state index is 9.19. The normalized spacial score (nSPS) is 38.5. The van der Waals surface area contributed by atoms with Crippen molar-refractivity contribution in [3.8, 4) is 0 Å². The van der Waals surface area contributed by atoms with Crippen LogP contribution in [0.15, 0.2) is 11.6 Å². The fraction of sp³-hybridized carbons (Fsp3) is 0.750. The maximum Gasteiger partial charge on any atom is 0.0836 e. The topological polar surface area (TPSA) is 40.5 Å². The van der Waals surface area contributed by atoms with E-state index < -0.39 is 12.2 Å². The lowest BCUT2D eigenvalue weighted by Crippen LogP contribution is -2.30. The van der Waals surface area contributed by atoms with Crippen LogP contribution in [-0.2, 0) is 0 Å². The van der Waals surface area contributed by atoms with Crippen LogP contribution in [0.25, 0.3) is 0 Å². The molecule has 2 heteroatoms. The van der Waals surface area contributed by atoms with Crippen LogP contribution < -0.4 is 0 Å². The van der Waals surface area contributed by atoms with Gasteiger partial charge in [-0.3, -0.25) is 0 Å². The Balaban J connectivity index is 2.48. The van der Waals surface area contributed by atoms with Crippen molar-refractivity contribution in [2.75, 3.05) is 0 Å². The third-order valence-corrected chi connectivity index (χ3v) is 2.08. The summed E-state index contributed by atoms with van der Waals surface area (Å²) in [6, 6.07) is 0. The van der Waals surface area contributed by atoms with Crippen LogP contribution in [-0.4, -0.2) is 22.4 Å². The predicted molar refractivity (Wildman–Crippen MR) is 39.6 cm³/mol. The molecule has 2 atom stereocenters. The molecule has 0 aliphatic heterocycles. The van der Waals surface area contributed by atoms with Gasteiger partial charge in [-0.25, -0.2) is 0 Å². The number of aliphatic hydroxyl groups excluding tert-OH is 2. The molecule has 0 spiro atoms. The number of aliphatic hydroxyl groups is 2. The smallest absolute Gasteiger partial charge is 0.0836 e. The van der Waals surface area contributed by atoms with Gasteiger partial charge in [0.15, 0.2) is 0 Å². The molecule has 0 aromatic carbocycles. The molecule has 1 aliphatic carbocycles. The van der Waals surface area contributed by atoms with E-state index in [9.17, 15) is 5.11 Å². The number of rotatable bonds is 0. The molecular weight excluding hydrogens is 128 g/mol. The molecular formula is C8H14O2. The number of hydrogen-bond donors (Lipinski definition) is 2. The van der Waals surface area contributed by atoms with Gasteiger partial charge in [0.05, 0.1) is 12.2 Å². The molecule has 0 bridgehead atoms. The third kappa shape index (κ3) is 1.58. The average Bonchev–Trinajstić information content (AvgIpc) is 1.95. The Hall–Kier alpha value is -0.340. The molecule has 0 radical (unpaired) electrons. The first-order valence-corrected chi connectivity index (χ1v) is 3.74. The van der Waals surface area contributed by atoms with E-state index in [0.717, 1.165) is 6.42 Å². The number of allylic oxidation sites excluding steroid dienone is 1. The van der Waals surface area contributed by atoms with E-state index in [2.05, 4.69) is 0 Å². The highest BCUT2D eigenvalue weighted by atomic mass is 16.3. The van der Waals surface area contributed by atoms with Gasteiger partial charge < -0.3 is 10.2 Å². The Bertz CT molecular complexity index is 140. The second kappa shape index (κ2) is 3.17. The van der Waals surface area contributed by atoms with Crippen LogP contribution in [0.2, 0.25) is 0 Å². The molecule has 0 heterocycles. The predicted octanol–water partition coefficient (Wildman–Crippen LogP) is 0.838. The van der Waals surface area contributed by atoms with E-state index >= 15 is 0 Å². The quantitative estimate of drug-likeness (QED) is 0.492.